The molecule has 2 N–H and O–H groups in total. The molecule has 40 heavy (non-hydrogen) atoms. The van der Waals surface area contributed by atoms with Crippen LogP contribution >= 0.6 is 0 Å². The molecule has 218 valence electrons. The van der Waals surface area contributed by atoms with Gasteiger partial charge in [0.1, 0.15) is 11.9 Å². The Morgan fingerprint density at radius 3 is 2.88 bits per heavy atom. The van der Waals surface area contributed by atoms with Gasteiger partial charge in [0.2, 0.25) is 0 Å². The van der Waals surface area contributed by atoms with Crippen molar-refractivity contribution in [2.45, 2.75) is 69.4 Å². The number of halogens is 1. The lowest BCUT2D eigenvalue weighted by Crippen LogP contribution is -2.44. The summed E-state index contributed by atoms with van der Waals surface area (Å²) in [6.45, 7) is 6.22. The first kappa shape index (κ1) is 28.8. The minimum absolute atomic E-state index is 0.0148. The second-order valence-electron chi connectivity index (χ2n) is 11.9. The topological polar surface area (TPSA) is 87.2 Å². The summed E-state index contributed by atoms with van der Waals surface area (Å²) >= 11 is 0. The maximum absolute atomic E-state index is 15.1. The third-order valence-electron chi connectivity index (χ3n) is 8.92. The van der Waals surface area contributed by atoms with Crippen LogP contribution in [0.15, 0.2) is 24.3 Å². The molecular weight excluding hydrogens is 511 g/mol. The Kier molecular flexibility index (Phi) is 8.92. The standard InChI is InChI=1S/C31H43FN4O4/c1-31(19-40-20-31)22-16-25(28(39-3)26(32)17-22)27(30(37)38)36-15-12-24(18-36)35(2)14-6-4-5-9-23-11-10-21-8-7-13-33-29(21)34-23/h10-11,16-17,24,27H,4-9,12-15,18-20H2,1-3H3,(H,33,34)(H,37,38)/t24-,27?/m1/s1. The summed E-state index contributed by atoms with van der Waals surface area (Å²) in [4.78, 5) is 21.7. The maximum Gasteiger partial charge on any atom is 0.325 e. The number of aryl methyl sites for hydroxylation is 2. The molecule has 2 fully saturated rings. The molecule has 0 bridgehead atoms. The molecule has 2 saturated heterocycles. The Morgan fingerprint density at radius 1 is 1.32 bits per heavy atom. The summed E-state index contributed by atoms with van der Waals surface area (Å²) < 4.78 is 25.9. The van der Waals surface area contributed by atoms with Crippen molar-refractivity contribution in [1.29, 1.82) is 0 Å². The number of nitrogens with zero attached hydrogens (tertiary/aromatic N) is 3. The lowest BCUT2D eigenvalue weighted by Gasteiger charge is -2.39. The minimum Gasteiger partial charge on any atom is -0.493 e. The molecule has 8 nitrogen and oxygen atoms in total. The predicted molar refractivity (Wildman–Crippen MR) is 153 cm³/mol. The molecular formula is C31H43FN4O4. The number of ether oxygens (including phenoxy) is 2. The fourth-order valence-electron chi connectivity index (χ4n) is 6.34. The third kappa shape index (κ3) is 6.11. The van der Waals surface area contributed by atoms with E-state index in [1.807, 2.05) is 17.9 Å². The van der Waals surface area contributed by atoms with E-state index in [1.54, 1.807) is 0 Å². The van der Waals surface area contributed by atoms with E-state index in [2.05, 4.69) is 29.4 Å². The fraction of sp³-hybridized carbons (Fsp3) is 0.613. The molecule has 2 atom stereocenters. The van der Waals surface area contributed by atoms with E-state index in [-0.39, 0.29) is 17.2 Å². The van der Waals surface area contributed by atoms with Gasteiger partial charge < -0.3 is 24.8 Å². The van der Waals surface area contributed by atoms with Crippen molar-refractivity contribution in [3.8, 4) is 5.75 Å². The summed E-state index contributed by atoms with van der Waals surface area (Å²) in [6.07, 6.45) is 7.45. The van der Waals surface area contributed by atoms with Crippen LogP contribution in [0, 0.1) is 5.82 Å². The number of fused-ring (bicyclic) bond motifs is 1. The predicted octanol–water partition coefficient (Wildman–Crippen LogP) is 4.42. The number of likely N-dealkylation sites (N-methyl/N-ethyl adjacent to an activating group) is 1. The molecule has 9 heteroatoms. The fourth-order valence-corrected chi connectivity index (χ4v) is 6.34. The van der Waals surface area contributed by atoms with Gasteiger partial charge in [0, 0.05) is 42.3 Å². The minimum atomic E-state index is -0.987. The van der Waals surface area contributed by atoms with Gasteiger partial charge in [0.05, 0.1) is 20.3 Å². The molecule has 0 aliphatic carbocycles. The van der Waals surface area contributed by atoms with Crippen LogP contribution in [0.2, 0.25) is 0 Å². The molecule has 3 aliphatic heterocycles. The monoisotopic (exact) mass is 554 g/mol. The number of anilines is 1. The number of nitrogens with one attached hydrogen (secondary N) is 1. The molecule has 0 radical (unpaired) electrons. The highest BCUT2D eigenvalue weighted by Gasteiger charge is 2.40. The molecule has 1 aromatic carbocycles. The van der Waals surface area contributed by atoms with Gasteiger partial charge in [-0.05, 0) is 81.4 Å². The molecule has 2 aromatic rings. The number of aromatic nitrogens is 1. The number of likely N-dealkylation sites (tertiary alicyclic amines) is 1. The second-order valence-corrected chi connectivity index (χ2v) is 11.9. The van der Waals surface area contributed by atoms with Gasteiger partial charge in [-0.3, -0.25) is 9.69 Å². The van der Waals surface area contributed by atoms with Crippen molar-refractivity contribution in [3.63, 3.8) is 0 Å². The second kappa shape index (κ2) is 12.4. The third-order valence-corrected chi connectivity index (χ3v) is 8.92. The first-order valence-electron chi connectivity index (χ1n) is 14.6. The smallest absolute Gasteiger partial charge is 0.325 e. The van der Waals surface area contributed by atoms with E-state index in [0.29, 0.717) is 31.9 Å². The Hall–Kier alpha value is -2.75. The van der Waals surface area contributed by atoms with E-state index in [4.69, 9.17) is 14.5 Å². The summed E-state index contributed by atoms with van der Waals surface area (Å²) in [5, 5.41) is 13.7. The van der Waals surface area contributed by atoms with Gasteiger partial charge in [-0.25, -0.2) is 9.37 Å². The number of carbonyl (C=O) groups is 1. The summed E-state index contributed by atoms with van der Waals surface area (Å²) in [6, 6.07) is 6.95. The molecule has 0 spiro atoms. The van der Waals surface area contributed by atoms with E-state index in [1.165, 1.54) is 25.2 Å². The highest BCUT2D eigenvalue weighted by molar-refractivity contribution is 5.77. The van der Waals surface area contributed by atoms with Crippen molar-refractivity contribution in [1.82, 2.24) is 14.8 Å². The van der Waals surface area contributed by atoms with Gasteiger partial charge in [-0.1, -0.05) is 19.4 Å². The Labute approximate surface area is 236 Å². The van der Waals surface area contributed by atoms with Crippen molar-refractivity contribution >= 4 is 11.8 Å². The molecule has 4 heterocycles. The van der Waals surface area contributed by atoms with Crippen LogP contribution in [0.3, 0.4) is 0 Å². The molecule has 0 amide bonds. The lowest BCUT2D eigenvalue weighted by molar-refractivity contribution is -0.143. The molecule has 5 rings (SSSR count). The average Bonchev–Trinajstić information content (AvgIpc) is 3.41. The van der Waals surface area contributed by atoms with Gasteiger partial charge in [-0.2, -0.15) is 0 Å². The number of methoxy groups -OCH3 is 1. The van der Waals surface area contributed by atoms with Crippen LogP contribution in [-0.4, -0.2) is 85.5 Å². The number of carboxylic acids is 1. The first-order chi connectivity index (χ1) is 19.3. The van der Waals surface area contributed by atoms with Crippen LogP contribution in [0.1, 0.15) is 67.5 Å². The highest BCUT2D eigenvalue weighted by Crippen LogP contribution is 2.40. The van der Waals surface area contributed by atoms with Crippen LogP contribution in [-0.2, 0) is 27.8 Å². The van der Waals surface area contributed by atoms with Gasteiger partial charge >= 0.3 is 5.97 Å². The van der Waals surface area contributed by atoms with Crippen molar-refractivity contribution in [3.05, 3.63) is 52.5 Å². The van der Waals surface area contributed by atoms with Crippen LogP contribution in [0.4, 0.5) is 10.2 Å². The van der Waals surface area contributed by atoms with E-state index < -0.39 is 17.8 Å². The Balaban J connectivity index is 1.15. The maximum atomic E-state index is 15.1. The van der Waals surface area contributed by atoms with Gasteiger partial charge in [-0.15, -0.1) is 0 Å². The number of aliphatic carboxylic acids is 1. The zero-order valence-corrected chi connectivity index (χ0v) is 24.0. The first-order valence-corrected chi connectivity index (χ1v) is 14.6. The average molecular weight is 555 g/mol. The van der Waals surface area contributed by atoms with Crippen molar-refractivity contribution in [2.75, 3.05) is 58.9 Å². The Bertz CT molecular complexity index is 1200. The molecule has 1 unspecified atom stereocenters. The summed E-state index contributed by atoms with van der Waals surface area (Å²) in [7, 11) is 3.52. The zero-order valence-electron chi connectivity index (χ0n) is 24.0. The lowest BCUT2D eigenvalue weighted by atomic mass is 9.79. The van der Waals surface area contributed by atoms with Crippen LogP contribution < -0.4 is 10.1 Å². The number of hydrogen-bond acceptors (Lipinski definition) is 7. The van der Waals surface area contributed by atoms with Gasteiger partial charge in [0.15, 0.2) is 11.6 Å². The molecule has 3 aliphatic rings. The largest absolute Gasteiger partial charge is 0.493 e. The normalized spacial score (nSPS) is 21.0. The van der Waals surface area contributed by atoms with Crippen LogP contribution in [0.5, 0.6) is 5.75 Å². The Morgan fingerprint density at radius 2 is 2.15 bits per heavy atom. The van der Waals surface area contributed by atoms with Crippen molar-refractivity contribution in [2.24, 2.45) is 0 Å². The summed E-state index contributed by atoms with van der Waals surface area (Å²) in [5.74, 6) is -0.434. The van der Waals surface area contributed by atoms with E-state index in [9.17, 15) is 9.90 Å². The summed E-state index contributed by atoms with van der Waals surface area (Å²) in [5.41, 5.74) is 3.31. The van der Waals surface area contributed by atoms with Crippen LogP contribution in [0.25, 0.3) is 0 Å². The van der Waals surface area contributed by atoms with E-state index >= 15 is 4.39 Å². The number of carboxylic acid groups (broad SMARTS) is 1. The van der Waals surface area contributed by atoms with Crippen molar-refractivity contribution < 1.29 is 23.8 Å². The quantitative estimate of drug-likeness (QED) is 0.373. The molecule has 1 aromatic heterocycles. The zero-order chi connectivity index (χ0) is 28.3. The number of pyridine rings is 1. The highest BCUT2D eigenvalue weighted by atomic mass is 19.1. The van der Waals surface area contributed by atoms with Gasteiger partial charge in [0.25, 0.3) is 0 Å². The molecule has 0 saturated carbocycles. The SMILES string of the molecule is COc1c(F)cc(C2(C)COC2)cc1C(C(=O)O)N1CC[C@@H](N(C)CCCCCc2ccc3c(n2)NCCC3)C1. The number of rotatable bonds is 12. The number of unbranched alkanes of at least 4 members (excludes halogenated alkanes) is 2. The number of benzene rings is 1. The number of hydrogen-bond donors (Lipinski definition) is 2. The van der Waals surface area contributed by atoms with E-state index in [0.717, 1.165) is 68.7 Å².